The van der Waals surface area contributed by atoms with Crippen LogP contribution < -0.4 is 16.6 Å². The standard InChI is InChI=1S/C14H16N4O2/c15-18-13-9-16-7-5-12(13)14(20)17-11-3-1-10(2-4-11)6-8-19/h1-5,7,9,18-19H,6,8,15H2,(H,17,20). The highest BCUT2D eigenvalue weighted by atomic mass is 16.2. The van der Waals surface area contributed by atoms with Crippen LogP contribution in [0.25, 0.3) is 0 Å². The summed E-state index contributed by atoms with van der Waals surface area (Å²) in [7, 11) is 0. The van der Waals surface area contributed by atoms with E-state index in [-0.39, 0.29) is 12.5 Å². The third kappa shape index (κ3) is 3.31. The van der Waals surface area contributed by atoms with Crippen LogP contribution in [0.2, 0.25) is 0 Å². The van der Waals surface area contributed by atoms with Crippen molar-refractivity contribution in [3.63, 3.8) is 0 Å². The Bertz CT molecular complexity index is 584. The average molecular weight is 272 g/mol. The summed E-state index contributed by atoms with van der Waals surface area (Å²) in [6, 6.07) is 8.89. The molecule has 0 radical (unpaired) electrons. The highest BCUT2D eigenvalue weighted by molar-refractivity contribution is 6.07. The summed E-state index contributed by atoms with van der Waals surface area (Å²) in [4.78, 5) is 16.0. The van der Waals surface area contributed by atoms with E-state index < -0.39 is 0 Å². The van der Waals surface area contributed by atoms with Crippen LogP contribution in [0.15, 0.2) is 42.7 Å². The minimum atomic E-state index is -0.268. The number of nitrogens with zero attached hydrogens (tertiary/aromatic N) is 1. The molecule has 0 bridgehead atoms. The predicted octanol–water partition coefficient (Wildman–Crippen LogP) is 1.15. The van der Waals surface area contributed by atoms with Crippen LogP contribution in [0.3, 0.4) is 0 Å². The van der Waals surface area contributed by atoms with Crippen molar-refractivity contribution < 1.29 is 9.90 Å². The second-order valence-electron chi connectivity index (χ2n) is 4.19. The minimum Gasteiger partial charge on any atom is -0.396 e. The molecule has 0 fully saturated rings. The van der Waals surface area contributed by atoms with E-state index in [2.05, 4.69) is 15.7 Å². The zero-order valence-electron chi connectivity index (χ0n) is 10.8. The number of anilines is 2. The molecule has 104 valence electrons. The summed E-state index contributed by atoms with van der Waals surface area (Å²) in [5.74, 6) is 5.07. The van der Waals surface area contributed by atoms with Crippen LogP contribution in [-0.2, 0) is 6.42 Å². The van der Waals surface area contributed by atoms with E-state index in [0.717, 1.165) is 5.56 Å². The lowest BCUT2D eigenvalue weighted by Gasteiger charge is -2.09. The van der Waals surface area contributed by atoms with Crippen LogP contribution >= 0.6 is 0 Å². The molecule has 1 amide bonds. The molecule has 6 nitrogen and oxygen atoms in total. The first-order chi connectivity index (χ1) is 9.74. The van der Waals surface area contributed by atoms with Gasteiger partial charge in [0.15, 0.2) is 0 Å². The summed E-state index contributed by atoms with van der Waals surface area (Å²) in [5.41, 5.74) is 5.01. The van der Waals surface area contributed by atoms with Crippen LogP contribution in [0.5, 0.6) is 0 Å². The van der Waals surface area contributed by atoms with Crippen molar-refractivity contribution in [2.24, 2.45) is 5.84 Å². The zero-order chi connectivity index (χ0) is 14.4. The molecule has 1 aromatic heterocycles. The van der Waals surface area contributed by atoms with Crippen molar-refractivity contribution in [3.05, 3.63) is 53.9 Å². The molecule has 1 aromatic carbocycles. The maximum absolute atomic E-state index is 12.1. The van der Waals surface area contributed by atoms with Crippen molar-refractivity contribution in [2.75, 3.05) is 17.3 Å². The number of rotatable bonds is 5. The highest BCUT2D eigenvalue weighted by Crippen LogP contribution is 2.16. The van der Waals surface area contributed by atoms with Crippen LogP contribution in [-0.4, -0.2) is 22.6 Å². The second kappa shape index (κ2) is 6.65. The van der Waals surface area contributed by atoms with Crippen molar-refractivity contribution in [3.8, 4) is 0 Å². The molecule has 0 aliphatic rings. The largest absolute Gasteiger partial charge is 0.396 e. The topological polar surface area (TPSA) is 100 Å². The number of pyridine rings is 1. The van der Waals surface area contributed by atoms with Gasteiger partial charge in [-0.2, -0.15) is 0 Å². The summed E-state index contributed by atoms with van der Waals surface area (Å²) in [6.07, 6.45) is 3.61. The number of amides is 1. The van der Waals surface area contributed by atoms with E-state index in [0.29, 0.717) is 23.4 Å². The maximum Gasteiger partial charge on any atom is 0.257 e. The third-order valence-electron chi connectivity index (χ3n) is 2.83. The lowest BCUT2D eigenvalue weighted by molar-refractivity contribution is 0.102. The third-order valence-corrected chi connectivity index (χ3v) is 2.83. The number of nitrogens with two attached hydrogens (primary N) is 1. The first kappa shape index (κ1) is 14.0. The van der Waals surface area contributed by atoms with E-state index in [4.69, 9.17) is 10.9 Å². The lowest BCUT2D eigenvalue weighted by atomic mass is 10.1. The van der Waals surface area contributed by atoms with Crippen LogP contribution in [0.4, 0.5) is 11.4 Å². The van der Waals surface area contributed by atoms with Gasteiger partial charge in [0, 0.05) is 18.5 Å². The first-order valence-electron chi connectivity index (χ1n) is 6.16. The van der Waals surface area contributed by atoms with Crippen molar-refractivity contribution >= 4 is 17.3 Å². The molecule has 5 N–H and O–H groups in total. The number of nitrogens with one attached hydrogen (secondary N) is 2. The van der Waals surface area contributed by atoms with E-state index in [1.54, 1.807) is 18.2 Å². The van der Waals surface area contributed by atoms with E-state index in [1.807, 2.05) is 12.1 Å². The molecule has 0 atom stereocenters. The fourth-order valence-electron chi connectivity index (χ4n) is 1.79. The molecule has 2 rings (SSSR count). The van der Waals surface area contributed by atoms with Crippen molar-refractivity contribution in [1.29, 1.82) is 0 Å². The molecule has 0 unspecified atom stereocenters. The number of carbonyl (C=O) groups is 1. The van der Waals surface area contributed by atoms with Gasteiger partial charge in [-0.25, -0.2) is 0 Å². The smallest absolute Gasteiger partial charge is 0.257 e. The summed E-state index contributed by atoms with van der Waals surface area (Å²) < 4.78 is 0. The van der Waals surface area contributed by atoms with Gasteiger partial charge in [0.25, 0.3) is 5.91 Å². The van der Waals surface area contributed by atoms with E-state index in [9.17, 15) is 4.79 Å². The van der Waals surface area contributed by atoms with Gasteiger partial charge < -0.3 is 15.8 Å². The molecule has 0 saturated carbocycles. The molecule has 1 heterocycles. The number of hydrazine groups is 1. The molecule has 0 aliphatic carbocycles. The number of nitrogen functional groups attached to an aromatic ring is 1. The Morgan fingerprint density at radius 1 is 1.25 bits per heavy atom. The minimum absolute atomic E-state index is 0.105. The van der Waals surface area contributed by atoms with Gasteiger partial charge in [0.2, 0.25) is 0 Å². The Labute approximate surface area is 116 Å². The number of aliphatic hydroxyl groups is 1. The van der Waals surface area contributed by atoms with Crippen LogP contribution in [0.1, 0.15) is 15.9 Å². The molecule has 2 aromatic rings. The number of aromatic nitrogens is 1. The number of benzene rings is 1. The van der Waals surface area contributed by atoms with Gasteiger partial charge in [-0.05, 0) is 30.2 Å². The van der Waals surface area contributed by atoms with Crippen LogP contribution in [0, 0.1) is 0 Å². The Balaban J connectivity index is 2.11. The summed E-state index contributed by atoms with van der Waals surface area (Å²) in [5, 5.41) is 11.6. The van der Waals surface area contributed by atoms with Gasteiger partial charge in [-0.1, -0.05) is 12.1 Å². The van der Waals surface area contributed by atoms with E-state index >= 15 is 0 Å². The van der Waals surface area contributed by atoms with Gasteiger partial charge in [-0.3, -0.25) is 15.6 Å². The quantitative estimate of drug-likeness (QED) is 0.483. The number of aliphatic hydroxyl groups excluding tert-OH is 1. The Morgan fingerprint density at radius 2 is 2.00 bits per heavy atom. The summed E-state index contributed by atoms with van der Waals surface area (Å²) >= 11 is 0. The molecule has 0 spiro atoms. The molecule has 0 aliphatic heterocycles. The normalized spacial score (nSPS) is 10.1. The predicted molar refractivity (Wildman–Crippen MR) is 77.2 cm³/mol. The molecule has 6 heteroatoms. The lowest BCUT2D eigenvalue weighted by Crippen LogP contribution is -2.17. The molecule has 20 heavy (non-hydrogen) atoms. The molecular formula is C14H16N4O2. The Hall–Kier alpha value is -2.44. The van der Waals surface area contributed by atoms with Gasteiger partial charge in [0.1, 0.15) is 0 Å². The zero-order valence-corrected chi connectivity index (χ0v) is 10.8. The number of hydrogen-bond acceptors (Lipinski definition) is 5. The summed E-state index contributed by atoms with van der Waals surface area (Å²) in [6.45, 7) is 0.105. The molecule has 0 saturated heterocycles. The number of carbonyl (C=O) groups excluding carboxylic acids is 1. The SMILES string of the molecule is NNc1cnccc1C(=O)Nc1ccc(CCO)cc1. The first-order valence-corrected chi connectivity index (χ1v) is 6.16. The second-order valence-corrected chi connectivity index (χ2v) is 4.19. The van der Waals surface area contributed by atoms with Crippen molar-refractivity contribution in [2.45, 2.75) is 6.42 Å². The van der Waals surface area contributed by atoms with E-state index in [1.165, 1.54) is 12.4 Å². The van der Waals surface area contributed by atoms with Gasteiger partial charge in [0.05, 0.1) is 17.4 Å². The highest BCUT2D eigenvalue weighted by Gasteiger charge is 2.10. The number of hydrogen-bond donors (Lipinski definition) is 4. The monoisotopic (exact) mass is 272 g/mol. The maximum atomic E-state index is 12.1. The molecular weight excluding hydrogens is 256 g/mol. The van der Waals surface area contributed by atoms with Crippen molar-refractivity contribution in [1.82, 2.24) is 4.98 Å². The Morgan fingerprint density at radius 3 is 2.65 bits per heavy atom. The van der Waals surface area contributed by atoms with Gasteiger partial charge >= 0.3 is 0 Å². The van der Waals surface area contributed by atoms with Gasteiger partial charge in [-0.15, -0.1) is 0 Å². The fraction of sp³-hybridized carbons (Fsp3) is 0.143. The fourth-order valence-corrected chi connectivity index (χ4v) is 1.79. The Kier molecular flexibility index (Phi) is 4.65. The average Bonchev–Trinajstić information content (AvgIpc) is 2.49.